The van der Waals surface area contributed by atoms with Crippen molar-refractivity contribution in [3.8, 4) is 23.6 Å². The van der Waals surface area contributed by atoms with Gasteiger partial charge >= 0.3 is 0 Å². The van der Waals surface area contributed by atoms with Crippen LogP contribution in [0.25, 0.3) is 0 Å². The fourth-order valence-corrected chi connectivity index (χ4v) is 2.31. The summed E-state index contributed by atoms with van der Waals surface area (Å²) >= 11 is 0. The van der Waals surface area contributed by atoms with Crippen molar-refractivity contribution < 1.29 is 13.2 Å². The molecule has 0 aliphatic heterocycles. The van der Waals surface area contributed by atoms with Gasteiger partial charge in [0.1, 0.15) is 17.9 Å². The Morgan fingerprint density at radius 1 is 1.00 bits per heavy atom. The molecule has 0 saturated carbocycles. The van der Waals surface area contributed by atoms with Crippen LogP contribution in [0.1, 0.15) is 11.1 Å². The van der Waals surface area contributed by atoms with Gasteiger partial charge in [-0.15, -0.1) is 0 Å². The summed E-state index contributed by atoms with van der Waals surface area (Å²) in [5.41, 5.74) is 0.888. The number of ether oxygens (including phenoxy) is 1. The van der Waals surface area contributed by atoms with E-state index < -0.39 is 10.0 Å². The van der Waals surface area contributed by atoms with Crippen molar-refractivity contribution in [1.82, 2.24) is 0 Å². The Morgan fingerprint density at radius 2 is 1.55 bits per heavy atom. The minimum atomic E-state index is -3.35. The summed E-state index contributed by atoms with van der Waals surface area (Å²) in [7, 11) is -3.35. The van der Waals surface area contributed by atoms with Crippen molar-refractivity contribution in [2.75, 3.05) is 11.0 Å². The summed E-state index contributed by atoms with van der Waals surface area (Å²) in [4.78, 5) is 0. The molecule has 2 rings (SSSR count). The van der Waals surface area contributed by atoms with Gasteiger partial charge in [0.15, 0.2) is 5.75 Å². The predicted molar refractivity (Wildman–Crippen MR) is 80.9 cm³/mol. The molecule has 0 spiro atoms. The first-order valence-electron chi connectivity index (χ1n) is 6.12. The van der Waals surface area contributed by atoms with Gasteiger partial charge in [0.25, 0.3) is 0 Å². The molecule has 7 heteroatoms. The molecule has 0 aliphatic carbocycles. The van der Waals surface area contributed by atoms with E-state index in [2.05, 4.69) is 4.72 Å². The van der Waals surface area contributed by atoms with E-state index in [-0.39, 0.29) is 16.9 Å². The summed E-state index contributed by atoms with van der Waals surface area (Å²) < 4.78 is 30.2. The second-order valence-electron chi connectivity index (χ2n) is 4.41. The van der Waals surface area contributed by atoms with E-state index in [0.717, 1.165) is 6.26 Å². The normalized spacial score (nSPS) is 10.3. The third-order valence-corrected chi connectivity index (χ3v) is 3.24. The topological polar surface area (TPSA) is 103 Å². The highest BCUT2D eigenvalue weighted by Gasteiger charge is 2.11. The van der Waals surface area contributed by atoms with E-state index in [1.807, 2.05) is 12.1 Å². The lowest BCUT2D eigenvalue weighted by molar-refractivity contribution is 0.479. The Kier molecular flexibility index (Phi) is 4.31. The fourth-order valence-electron chi connectivity index (χ4n) is 1.75. The van der Waals surface area contributed by atoms with Gasteiger partial charge in [-0.05, 0) is 36.4 Å². The van der Waals surface area contributed by atoms with E-state index >= 15 is 0 Å². The highest BCUT2D eigenvalue weighted by atomic mass is 32.2. The molecule has 0 fully saturated rings. The summed E-state index contributed by atoms with van der Waals surface area (Å²) in [6.45, 7) is 0. The molecule has 2 aromatic rings. The van der Waals surface area contributed by atoms with E-state index in [1.165, 1.54) is 12.1 Å². The number of anilines is 1. The Bertz CT molecular complexity index is 843. The molecule has 110 valence electrons. The van der Waals surface area contributed by atoms with Crippen LogP contribution in [0.2, 0.25) is 0 Å². The van der Waals surface area contributed by atoms with Crippen LogP contribution in [-0.2, 0) is 10.0 Å². The van der Waals surface area contributed by atoms with Crippen molar-refractivity contribution in [3.63, 3.8) is 0 Å². The SMILES string of the molecule is CS(=O)(=O)Nc1ccc(Oc2c(C#N)cccc2C#N)cc1. The first-order chi connectivity index (χ1) is 10.4. The van der Waals surface area contributed by atoms with Crippen LogP contribution in [0.5, 0.6) is 11.5 Å². The molecule has 0 amide bonds. The van der Waals surface area contributed by atoms with Crippen molar-refractivity contribution in [2.45, 2.75) is 0 Å². The van der Waals surface area contributed by atoms with Gasteiger partial charge in [0.2, 0.25) is 10.0 Å². The Morgan fingerprint density at radius 3 is 2.00 bits per heavy atom. The van der Waals surface area contributed by atoms with Crippen LogP contribution < -0.4 is 9.46 Å². The van der Waals surface area contributed by atoms with Gasteiger partial charge in [-0.3, -0.25) is 4.72 Å². The van der Waals surface area contributed by atoms with Gasteiger partial charge in [0.05, 0.1) is 17.4 Å². The van der Waals surface area contributed by atoms with E-state index in [0.29, 0.717) is 11.4 Å². The first kappa shape index (κ1) is 15.4. The predicted octanol–water partition coefficient (Wildman–Crippen LogP) is 2.59. The molecule has 0 atom stereocenters. The van der Waals surface area contributed by atoms with Crippen LogP contribution in [0.4, 0.5) is 5.69 Å². The highest BCUT2D eigenvalue weighted by Crippen LogP contribution is 2.29. The third-order valence-electron chi connectivity index (χ3n) is 2.63. The summed E-state index contributed by atoms with van der Waals surface area (Å²) in [5.74, 6) is 0.564. The number of nitrogens with zero attached hydrogens (tertiary/aromatic N) is 2. The molecule has 1 N–H and O–H groups in total. The third kappa shape index (κ3) is 3.75. The number of hydrogen-bond acceptors (Lipinski definition) is 5. The second-order valence-corrected chi connectivity index (χ2v) is 6.15. The van der Waals surface area contributed by atoms with Gasteiger partial charge in [-0.1, -0.05) is 6.07 Å². The number of nitrogens with one attached hydrogen (secondary N) is 1. The van der Waals surface area contributed by atoms with Crippen molar-refractivity contribution >= 4 is 15.7 Å². The zero-order valence-corrected chi connectivity index (χ0v) is 12.4. The maximum absolute atomic E-state index is 11.1. The monoisotopic (exact) mass is 313 g/mol. The van der Waals surface area contributed by atoms with Gasteiger partial charge in [-0.2, -0.15) is 10.5 Å². The minimum absolute atomic E-state index is 0.177. The second kappa shape index (κ2) is 6.17. The summed E-state index contributed by atoms with van der Waals surface area (Å²) in [6, 6.07) is 14.8. The Balaban J connectivity index is 2.30. The van der Waals surface area contributed by atoms with Crippen LogP contribution in [0, 0.1) is 22.7 Å². The Hall–Kier alpha value is -3.03. The molecular weight excluding hydrogens is 302 g/mol. The number of benzene rings is 2. The standard InChI is InChI=1S/C15H11N3O3S/c1-22(19,20)18-13-5-7-14(8-6-13)21-15-11(9-16)3-2-4-12(15)10-17/h2-8,18H,1H3. The zero-order valence-electron chi connectivity index (χ0n) is 11.6. The van der Waals surface area contributed by atoms with E-state index in [1.54, 1.807) is 30.3 Å². The lowest BCUT2D eigenvalue weighted by Gasteiger charge is -2.10. The molecule has 0 radical (unpaired) electrons. The molecule has 6 nitrogen and oxygen atoms in total. The Labute approximate surface area is 128 Å². The van der Waals surface area contributed by atoms with Crippen LogP contribution >= 0.6 is 0 Å². The minimum Gasteiger partial charge on any atom is -0.455 e. The molecule has 0 saturated heterocycles. The van der Waals surface area contributed by atoms with Crippen molar-refractivity contribution in [3.05, 3.63) is 53.6 Å². The van der Waals surface area contributed by atoms with E-state index in [9.17, 15) is 8.42 Å². The zero-order chi connectivity index (χ0) is 16.2. The molecule has 0 unspecified atom stereocenters. The molecule has 2 aromatic carbocycles. The molecule has 22 heavy (non-hydrogen) atoms. The maximum atomic E-state index is 11.1. The lowest BCUT2D eigenvalue weighted by atomic mass is 10.1. The summed E-state index contributed by atoms with van der Waals surface area (Å²) in [5, 5.41) is 18.1. The smallest absolute Gasteiger partial charge is 0.229 e. The van der Waals surface area contributed by atoms with Crippen LogP contribution in [0.15, 0.2) is 42.5 Å². The number of nitriles is 2. The highest BCUT2D eigenvalue weighted by molar-refractivity contribution is 7.92. The largest absolute Gasteiger partial charge is 0.455 e. The average Bonchev–Trinajstić information content (AvgIpc) is 2.48. The lowest BCUT2D eigenvalue weighted by Crippen LogP contribution is -2.09. The number of para-hydroxylation sites is 1. The van der Waals surface area contributed by atoms with Gasteiger partial charge < -0.3 is 4.74 Å². The summed E-state index contributed by atoms with van der Waals surface area (Å²) in [6.07, 6.45) is 1.06. The molecule has 0 heterocycles. The van der Waals surface area contributed by atoms with Crippen molar-refractivity contribution in [2.24, 2.45) is 0 Å². The number of rotatable bonds is 4. The van der Waals surface area contributed by atoms with Crippen LogP contribution in [0.3, 0.4) is 0 Å². The van der Waals surface area contributed by atoms with E-state index in [4.69, 9.17) is 15.3 Å². The molecular formula is C15H11N3O3S. The number of sulfonamides is 1. The van der Waals surface area contributed by atoms with Crippen LogP contribution in [-0.4, -0.2) is 14.7 Å². The first-order valence-corrected chi connectivity index (χ1v) is 8.01. The molecule has 0 aliphatic rings. The van der Waals surface area contributed by atoms with Crippen molar-refractivity contribution in [1.29, 1.82) is 10.5 Å². The number of hydrogen-bond donors (Lipinski definition) is 1. The maximum Gasteiger partial charge on any atom is 0.229 e. The molecule has 0 bridgehead atoms. The quantitative estimate of drug-likeness (QED) is 0.934. The average molecular weight is 313 g/mol. The van der Waals surface area contributed by atoms with Gasteiger partial charge in [-0.25, -0.2) is 8.42 Å². The fraction of sp³-hybridized carbons (Fsp3) is 0.0667. The van der Waals surface area contributed by atoms with Gasteiger partial charge in [0, 0.05) is 5.69 Å². The molecule has 0 aromatic heterocycles.